The number of amides is 1. The minimum atomic E-state index is -3.49. The number of hydrogen-bond acceptors (Lipinski definition) is 3. The molecule has 1 saturated heterocycles. The highest BCUT2D eigenvalue weighted by Crippen LogP contribution is 2.54. The first-order valence-corrected chi connectivity index (χ1v) is 15.2. The summed E-state index contributed by atoms with van der Waals surface area (Å²) in [5.74, 6) is 0.219. The average molecular weight is 564 g/mol. The van der Waals surface area contributed by atoms with Crippen LogP contribution in [0.3, 0.4) is 0 Å². The van der Waals surface area contributed by atoms with E-state index in [0.717, 1.165) is 24.0 Å². The Hall–Kier alpha value is -1.86. The number of nitrogens with one attached hydrogen (secondary N) is 1. The molecule has 2 aliphatic rings. The third kappa shape index (κ3) is 6.08. The Balaban J connectivity index is 1.87. The zero-order valence-electron chi connectivity index (χ0n) is 21.7. The Kier molecular flexibility index (Phi) is 8.44. The van der Waals surface area contributed by atoms with E-state index in [4.69, 9.17) is 23.2 Å². The highest BCUT2D eigenvalue weighted by molar-refractivity contribution is 7.90. The molecule has 0 aromatic heterocycles. The van der Waals surface area contributed by atoms with Crippen LogP contribution in [0.4, 0.5) is 0 Å². The Labute approximate surface area is 231 Å². The van der Waals surface area contributed by atoms with E-state index >= 15 is 0 Å². The van der Waals surface area contributed by atoms with E-state index < -0.39 is 20.7 Å². The van der Waals surface area contributed by atoms with Gasteiger partial charge in [0.15, 0.2) is 0 Å². The number of allylic oxidation sites excluding steroid dienone is 1. The summed E-state index contributed by atoms with van der Waals surface area (Å²) >= 11 is 12.7. The van der Waals surface area contributed by atoms with Crippen LogP contribution in [0.15, 0.2) is 61.2 Å². The van der Waals surface area contributed by atoms with Gasteiger partial charge in [-0.1, -0.05) is 60.5 Å². The van der Waals surface area contributed by atoms with Gasteiger partial charge in [0, 0.05) is 28.5 Å². The number of rotatable bonds is 10. The van der Waals surface area contributed by atoms with Crippen molar-refractivity contribution in [1.82, 2.24) is 9.62 Å². The summed E-state index contributed by atoms with van der Waals surface area (Å²) in [5.41, 5.74) is 1.35. The minimum absolute atomic E-state index is 0.0336. The number of hydrogen-bond donors (Lipinski definition) is 1. The summed E-state index contributed by atoms with van der Waals surface area (Å²) in [5, 5.41) is 0.711. The van der Waals surface area contributed by atoms with Gasteiger partial charge in [-0.3, -0.25) is 4.79 Å². The highest BCUT2D eigenvalue weighted by Gasteiger charge is 2.53. The Morgan fingerprint density at radius 2 is 1.78 bits per heavy atom. The molecule has 1 aliphatic heterocycles. The second-order valence-electron chi connectivity index (χ2n) is 11.0. The molecule has 5 nitrogen and oxygen atoms in total. The van der Waals surface area contributed by atoms with E-state index in [0.29, 0.717) is 22.9 Å². The lowest BCUT2D eigenvalue weighted by molar-refractivity contribution is -0.155. The predicted molar refractivity (Wildman–Crippen MR) is 151 cm³/mol. The molecule has 0 radical (unpaired) electrons. The molecule has 4 unspecified atom stereocenters. The Morgan fingerprint density at radius 1 is 1.11 bits per heavy atom. The maximum absolute atomic E-state index is 14.4. The molecule has 1 N–H and O–H groups in total. The Bertz CT molecular complexity index is 1240. The summed E-state index contributed by atoms with van der Waals surface area (Å²) < 4.78 is 28.3. The lowest BCUT2D eigenvalue weighted by Crippen LogP contribution is -2.58. The fraction of sp³-hybridized carbons (Fsp3) is 0.483. The number of likely N-dealkylation sites (tertiary alicyclic amines) is 1. The van der Waals surface area contributed by atoms with Crippen LogP contribution in [-0.4, -0.2) is 37.1 Å². The van der Waals surface area contributed by atoms with Crippen LogP contribution < -0.4 is 4.72 Å². The third-order valence-corrected chi connectivity index (χ3v) is 10.1. The SMILES string of the molecule is C=CCC1(C)CC(c2cccc(Cl)c2)C(c2ccc(Cl)cc2)N(C(CNS(=O)(=O)C(C)C)C2CC2)C1=O. The normalized spacial score (nSPS) is 25.4. The van der Waals surface area contributed by atoms with Crippen LogP contribution in [0.2, 0.25) is 10.0 Å². The van der Waals surface area contributed by atoms with Crippen LogP contribution >= 0.6 is 23.2 Å². The molecule has 0 bridgehead atoms. The predicted octanol–water partition coefficient (Wildman–Crippen LogP) is 6.74. The molecule has 1 aliphatic carbocycles. The molecule has 2 fully saturated rings. The van der Waals surface area contributed by atoms with Crippen LogP contribution in [-0.2, 0) is 14.8 Å². The van der Waals surface area contributed by atoms with Crippen molar-refractivity contribution in [1.29, 1.82) is 0 Å². The summed E-state index contributed by atoms with van der Waals surface area (Å²) in [4.78, 5) is 16.4. The molecule has 200 valence electrons. The van der Waals surface area contributed by atoms with Crippen molar-refractivity contribution in [2.75, 3.05) is 6.54 Å². The third-order valence-electron chi connectivity index (χ3n) is 7.82. The lowest BCUT2D eigenvalue weighted by Gasteiger charge is -2.52. The maximum atomic E-state index is 14.4. The van der Waals surface area contributed by atoms with Gasteiger partial charge in [-0.25, -0.2) is 13.1 Å². The second-order valence-corrected chi connectivity index (χ2v) is 14.2. The quantitative estimate of drug-likeness (QED) is 0.326. The number of sulfonamides is 1. The molecule has 1 amide bonds. The highest BCUT2D eigenvalue weighted by atomic mass is 35.5. The molecule has 8 heteroatoms. The van der Waals surface area contributed by atoms with Crippen LogP contribution in [0, 0.1) is 11.3 Å². The van der Waals surface area contributed by atoms with Gasteiger partial charge >= 0.3 is 0 Å². The van der Waals surface area contributed by atoms with Crippen molar-refractivity contribution in [2.24, 2.45) is 11.3 Å². The van der Waals surface area contributed by atoms with E-state index in [9.17, 15) is 13.2 Å². The maximum Gasteiger partial charge on any atom is 0.229 e. The molecule has 2 aromatic rings. The molecule has 37 heavy (non-hydrogen) atoms. The number of benzene rings is 2. The van der Waals surface area contributed by atoms with Gasteiger partial charge in [0.25, 0.3) is 0 Å². The van der Waals surface area contributed by atoms with Gasteiger partial charge in [-0.15, -0.1) is 6.58 Å². The zero-order valence-corrected chi connectivity index (χ0v) is 24.0. The molecule has 4 atom stereocenters. The topological polar surface area (TPSA) is 66.5 Å². The van der Waals surface area contributed by atoms with Gasteiger partial charge in [0.1, 0.15) is 0 Å². The van der Waals surface area contributed by atoms with Gasteiger partial charge in [0.05, 0.1) is 16.7 Å². The Morgan fingerprint density at radius 3 is 2.35 bits per heavy atom. The van der Waals surface area contributed by atoms with Gasteiger partial charge in [0.2, 0.25) is 15.9 Å². The van der Waals surface area contributed by atoms with Gasteiger partial charge in [-0.2, -0.15) is 0 Å². The standard InChI is InChI=1S/C29H36Cl2N2O3S/c1-5-15-29(4)17-25(22-7-6-8-24(31)16-22)27(21-11-13-23(30)14-12-21)33(28(29)34)26(20-9-10-20)18-32-37(35,36)19(2)3/h5-8,11-14,16,19-20,25-27,32H,1,9-10,15,17-18H2,2-4H3. The number of nitrogens with zero attached hydrogens (tertiary/aromatic N) is 1. The number of piperidine rings is 1. The molecular weight excluding hydrogens is 527 g/mol. The van der Waals surface area contributed by atoms with Crippen LogP contribution in [0.25, 0.3) is 0 Å². The largest absolute Gasteiger partial charge is 0.330 e. The summed E-state index contributed by atoms with van der Waals surface area (Å²) in [6.45, 7) is 9.45. The smallest absolute Gasteiger partial charge is 0.229 e. The molecule has 1 heterocycles. The average Bonchev–Trinajstić information content (AvgIpc) is 3.68. The van der Waals surface area contributed by atoms with Crippen molar-refractivity contribution in [3.63, 3.8) is 0 Å². The van der Waals surface area contributed by atoms with E-state index in [2.05, 4.69) is 17.4 Å². The van der Waals surface area contributed by atoms with E-state index in [-0.39, 0.29) is 36.4 Å². The van der Waals surface area contributed by atoms with E-state index in [1.54, 1.807) is 19.9 Å². The fourth-order valence-corrected chi connectivity index (χ4v) is 6.65. The van der Waals surface area contributed by atoms with Crippen molar-refractivity contribution in [3.8, 4) is 0 Å². The summed E-state index contributed by atoms with van der Waals surface area (Å²) in [6, 6.07) is 14.9. The summed E-state index contributed by atoms with van der Waals surface area (Å²) in [6.07, 6.45) is 4.89. The van der Waals surface area contributed by atoms with Crippen LogP contribution in [0.5, 0.6) is 0 Å². The van der Waals surface area contributed by atoms with Crippen molar-refractivity contribution < 1.29 is 13.2 Å². The summed E-state index contributed by atoms with van der Waals surface area (Å²) in [7, 11) is -3.49. The molecule has 1 saturated carbocycles. The first-order chi connectivity index (χ1) is 17.5. The van der Waals surface area contributed by atoms with Gasteiger partial charge in [-0.05, 0) is 80.8 Å². The van der Waals surface area contributed by atoms with E-state index in [1.165, 1.54) is 0 Å². The monoisotopic (exact) mass is 562 g/mol. The number of halogens is 2. The lowest BCUT2D eigenvalue weighted by atomic mass is 9.67. The molecule has 4 rings (SSSR count). The fourth-order valence-electron chi connectivity index (χ4n) is 5.59. The van der Waals surface area contributed by atoms with Crippen molar-refractivity contribution in [2.45, 2.75) is 69.7 Å². The first-order valence-electron chi connectivity index (χ1n) is 12.9. The molecule has 0 spiro atoms. The van der Waals surface area contributed by atoms with E-state index in [1.807, 2.05) is 54.3 Å². The van der Waals surface area contributed by atoms with Crippen LogP contribution in [0.1, 0.15) is 69.5 Å². The minimum Gasteiger partial charge on any atom is -0.330 e. The van der Waals surface area contributed by atoms with Crippen molar-refractivity contribution in [3.05, 3.63) is 82.4 Å². The molecular formula is C29H36Cl2N2O3S. The van der Waals surface area contributed by atoms with Crippen molar-refractivity contribution >= 4 is 39.1 Å². The zero-order chi connectivity index (χ0) is 27.0. The first kappa shape index (κ1) is 28.2. The molecule has 2 aromatic carbocycles. The van der Waals surface area contributed by atoms with Gasteiger partial charge < -0.3 is 4.90 Å². The second kappa shape index (κ2) is 11.1. The number of carbonyl (C=O) groups excluding carboxylic acids is 1. The number of carbonyl (C=O) groups is 1.